The summed E-state index contributed by atoms with van der Waals surface area (Å²) >= 11 is 1.40. The highest BCUT2D eigenvalue weighted by molar-refractivity contribution is 7.17. The van der Waals surface area contributed by atoms with E-state index in [0.29, 0.717) is 18.0 Å². The molecule has 8 heteroatoms. The van der Waals surface area contributed by atoms with Crippen molar-refractivity contribution in [3.63, 3.8) is 0 Å². The molecule has 0 aromatic carbocycles. The molecule has 2 fully saturated rings. The van der Waals surface area contributed by atoms with Crippen LogP contribution in [0.3, 0.4) is 0 Å². The summed E-state index contributed by atoms with van der Waals surface area (Å²) in [7, 11) is 1.85. The summed E-state index contributed by atoms with van der Waals surface area (Å²) in [5.41, 5.74) is 1.59. The Balaban J connectivity index is 1.47. The number of carboxylic acid groups (broad SMARTS) is 1. The molecule has 1 N–H and O–H groups in total. The Bertz CT molecular complexity index is 848. The van der Waals surface area contributed by atoms with Gasteiger partial charge in [0.05, 0.1) is 17.8 Å². The average molecular weight is 360 g/mol. The third kappa shape index (κ3) is 2.74. The summed E-state index contributed by atoms with van der Waals surface area (Å²) in [5.74, 6) is -0.904. The predicted octanol–water partition coefficient (Wildman–Crippen LogP) is 2.18. The van der Waals surface area contributed by atoms with E-state index >= 15 is 0 Å². The fourth-order valence-electron chi connectivity index (χ4n) is 3.80. The molecule has 2 aliphatic rings. The van der Waals surface area contributed by atoms with Crippen LogP contribution in [0.4, 0.5) is 0 Å². The van der Waals surface area contributed by atoms with Gasteiger partial charge in [0.2, 0.25) is 0 Å². The summed E-state index contributed by atoms with van der Waals surface area (Å²) in [6.45, 7) is 3.11. The molecular formula is C17H20N4O3S. The molecule has 1 unspecified atom stereocenters. The molecule has 1 spiro atoms. The van der Waals surface area contributed by atoms with Crippen molar-refractivity contribution in [1.29, 1.82) is 0 Å². The van der Waals surface area contributed by atoms with Crippen LogP contribution in [0.1, 0.15) is 34.6 Å². The van der Waals surface area contributed by atoms with E-state index in [2.05, 4.69) is 10.1 Å². The number of aromatic nitrogens is 3. The minimum absolute atomic E-state index is 0.00696. The maximum atomic E-state index is 12.9. The zero-order chi connectivity index (χ0) is 17.8. The predicted molar refractivity (Wildman–Crippen MR) is 92.4 cm³/mol. The largest absolute Gasteiger partial charge is 0.481 e. The summed E-state index contributed by atoms with van der Waals surface area (Å²) in [6, 6.07) is 0. The molecule has 0 bridgehead atoms. The number of likely N-dealkylation sites (tertiary alicyclic amines) is 1. The van der Waals surface area contributed by atoms with Gasteiger partial charge in [0.25, 0.3) is 5.91 Å². The van der Waals surface area contributed by atoms with Crippen molar-refractivity contribution in [2.45, 2.75) is 26.2 Å². The quantitative estimate of drug-likeness (QED) is 0.906. The van der Waals surface area contributed by atoms with Gasteiger partial charge < -0.3 is 10.0 Å². The number of carboxylic acids is 1. The van der Waals surface area contributed by atoms with Crippen LogP contribution in [0.2, 0.25) is 0 Å². The number of nitrogens with zero attached hydrogens (tertiary/aromatic N) is 4. The van der Waals surface area contributed by atoms with Gasteiger partial charge in [0, 0.05) is 31.9 Å². The van der Waals surface area contributed by atoms with Crippen molar-refractivity contribution in [2.75, 3.05) is 13.1 Å². The lowest BCUT2D eigenvalue weighted by Gasteiger charge is -2.32. The molecule has 2 aromatic rings. The van der Waals surface area contributed by atoms with Crippen LogP contribution in [0, 0.1) is 18.3 Å². The highest BCUT2D eigenvalue weighted by Crippen LogP contribution is 2.59. The third-order valence-corrected chi connectivity index (χ3v) is 6.67. The number of aliphatic carboxylic acids is 1. The van der Waals surface area contributed by atoms with Crippen LogP contribution < -0.4 is 0 Å². The van der Waals surface area contributed by atoms with Crippen LogP contribution >= 0.6 is 11.3 Å². The lowest BCUT2D eigenvalue weighted by atomic mass is 9.90. The Kier molecular flexibility index (Phi) is 3.68. The number of aryl methyl sites for hydroxylation is 2. The summed E-state index contributed by atoms with van der Waals surface area (Å²) < 4.78 is 1.71. The fourth-order valence-corrected chi connectivity index (χ4v) is 4.81. The Morgan fingerprint density at radius 3 is 2.64 bits per heavy atom. The number of carbonyl (C=O) groups is 2. The van der Waals surface area contributed by atoms with Gasteiger partial charge in [-0.1, -0.05) is 0 Å². The molecule has 25 heavy (non-hydrogen) atoms. The van der Waals surface area contributed by atoms with Crippen molar-refractivity contribution >= 4 is 23.2 Å². The molecule has 4 rings (SSSR count). The molecule has 1 aliphatic heterocycles. The monoisotopic (exact) mass is 360 g/mol. The van der Waals surface area contributed by atoms with Crippen molar-refractivity contribution in [3.8, 4) is 10.6 Å². The van der Waals surface area contributed by atoms with E-state index in [1.807, 2.05) is 25.1 Å². The normalized spacial score (nSPS) is 21.5. The van der Waals surface area contributed by atoms with Crippen LogP contribution in [-0.4, -0.2) is 49.7 Å². The molecule has 1 atom stereocenters. The van der Waals surface area contributed by atoms with Crippen molar-refractivity contribution < 1.29 is 14.7 Å². The van der Waals surface area contributed by atoms with Crippen LogP contribution in [0.15, 0.2) is 12.4 Å². The van der Waals surface area contributed by atoms with Crippen LogP contribution in [0.25, 0.3) is 10.6 Å². The van der Waals surface area contributed by atoms with Gasteiger partial charge in [0.15, 0.2) is 0 Å². The van der Waals surface area contributed by atoms with Crippen molar-refractivity contribution in [2.24, 2.45) is 18.4 Å². The van der Waals surface area contributed by atoms with Crippen LogP contribution in [0.5, 0.6) is 0 Å². The lowest BCUT2D eigenvalue weighted by molar-refractivity contribution is -0.139. The van der Waals surface area contributed by atoms with Gasteiger partial charge in [-0.15, -0.1) is 11.3 Å². The second-order valence-electron chi connectivity index (χ2n) is 7.09. The molecule has 3 heterocycles. The first-order chi connectivity index (χ1) is 11.9. The van der Waals surface area contributed by atoms with E-state index in [-0.39, 0.29) is 17.2 Å². The van der Waals surface area contributed by atoms with E-state index in [0.717, 1.165) is 35.5 Å². The molecule has 7 nitrogen and oxygen atoms in total. The van der Waals surface area contributed by atoms with Gasteiger partial charge in [-0.3, -0.25) is 14.3 Å². The second-order valence-corrected chi connectivity index (χ2v) is 8.08. The van der Waals surface area contributed by atoms with E-state index < -0.39 is 5.97 Å². The summed E-state index contributed by atoms with van der Waals surface area (Å²) in [4.78, 5) is 31.1. The Labute approximate surface area is 149 Å². The number of carbonyl (C=O) groups excluding carboxylic acids is 1. The van der Waals surface area contributed by atoms with E-state index in [1.54, 1.807) is 10.9 Å². The minimum Gasteiger partial charge on any atom is -0.481 e. The van der Waals surface area contributed by atoms with E-state index in [4.69, 9.17) is 0 Å². The van der Waals surface area contributed by atoms with E-state index in [1.165, 1.54) is 11.3 Å². The maximum absolute atomic E-state index is 12.9. The number of rotatable bonds is 3. The van der Waals surface area contributed by atoms with Gasteiger partial charge >= 0.3 is 5.97 Å². The van der Waals surface area contributed by atoms with Crippen molar-refractivity contribution in [1.82, 2.24) is 19.7 Å². The van der Waals surface area contributed by atoms with Gasteiger partial charge in [-0.05, 0) is 31.6 Å². The summed E-state index contributed by atoms with van der Waals surface area (Å²) in [6.07, 6.45) is 5.95. The Morgan fingerprint density at radius 1 is 1.36 bits per heavy atom. The first kappa shape index (κ1) is 16.3. The highest BCUT2D eigenvalue weighted by atomic mass is 32.1. The maximum Gasteiger partial charge on any atom is 0.307 e. The fraction of sp³-hybridized carbons (Fsp3) is 0.529. The number of thiazole rings is 1. The molecule has 1 saturated heterocycles. The van der Waals surface area contributed by atoms with Gasteiger partial charge in [0.1, 0.15) is 9.88 Å². The number of piperidine rings is 1. The minimum atomic E-state index is -0.695. The molecule has 1 saturated carbocycles. The first-order valence-electron chi connectivity index (χ1n) is 8.38. The smallest absolute Gasteiger partial charge is 0.307 e. The molecule has 1 amide bonds. The average Bonchev–Trinajstić information content (AvgIpc) is 2.90. The topological polar surface area (TPSA) is 88.3 Å². The number of amides is 1. The molecule has 1 aliphatic carbocycles. The third-order valence-electron chi connectivity index (χ3n) is 5.48. The summed E-state index contributed by atoms with van der Waals surface area (Å²) in [5, 5.41) is 14.1. The highest BCUT2D eigenvalue weighted by Gasteiger charge is 2.59. The SMILES string of the molecule is Cc1nc(-c2cnn(C)c2)sc1C(=O)N1CCC2(CC1)CC2C(=O)O. The van der Waals surface area contributed by atoms with Crippen LogP contribution in [-0.2, 0) is 11.8 Å². The van der Waals surface area contributed by atoms with Crippen molar-refractivity contribution in [3.05, 3.63) is 23.0 Å². The standard InChI is InChI=1S/C17H20N4O3S/c1-10-13(25-14(19-10)11-8-18-20(2)9-11)15(22)21-5-3-17(4-6-21)7-12(17)16(23)24/h8-9,12H,3-7H2,1-2H3,(H,23,24). The van der Waals surface area contributed by atoms with Gasteiger partial charge in [-0.2, -0.15) is 5.10 Å². The Morgan fingerprint density at radius 2 is 2.08 bits per heavy atom. The molecular weight excluding hydrogens is 340 g/mol. The zero-order valence-electron chi connectivity index (χ0n) is 14.2. The molecule has 2 aromatic heterocycles. The first-order valence-corrected chi connectivity index (χ1v) is 9.20. The number of hydrogen-bond donors (Lipinski definition) is 1. The molecule has 132 valence electrons. The zero-order valence-corrected chi connectivity index (χ0v) is 15.0. The van der Waals surface area contributed by atoms with Gasteiger partial charge in [-0.25, -0.2) is 4.98 Å². The number of hydrogen-bond acceptors (Lipinski definition) is 5. The second kappa shape index (κ2) is 5.66. The van der Waals surface area contributed by atoms with E-state index in [9.17, 15) is 14.7 Å². The lowest BCUT2D eigenvalue weighted by Crippen LogP contribution is -2.39. The Hall–Kier alpha value is -2.22. The molecule has 0 radical (unpaired) electrons.